The Morgan fingerprint density at radius 3 is 2.52 bits per heavy atom. The Balaban J connectivity index is 2.20. The zero-order valence-electron chi connectivity index (χ0n) is 12.9. The number of hydrogen-bond acceptors (Lipinski definition) is 3. The average molecular weight is 442 g/mol. The molecule has 0 spiro atoms. The van der Waals surface area contributed by atoms with Gasteiger partial charge in [-0.25, -0.2) is 0 Å². The molecule has 0 saturated heterocycles. The highest BCUT2D eigenvalue weighted by atomic mass is 79.9. The predicted molar refractivity (Wildman–Crippen MR) is 97.0 cm³/mol. The van der Waals surface area contributed by atoms with E-state index in [4.69, 9.17) is 4.74 Å². The van der Waals surface area contributed by atoms with Gasteiger partial charge in [0.05, 0.1) is 15.6 Å². The number of hydrogen-bond donors (Lipinski definition) is 1. The van der Waals surface area contributed by atoms with Crippen molar-refractivity contribution < 1.29 is 9.53 Å². The Bertz CT molecular complexity index is 636. The summed E-state index contributed by atoms with van der Waals surface area (Å²) in [6.45, 7) is 2.47. The molecule has 1 aromatic rings. The molecule has 0 aliphatic heterocycles. The first-order valence-electron chi connectivity index (χ1n) is 7.59. The number of halogens is 2. The monoisotopic (exact) mass is 440 g/mol. The van der Waals surface area contributed by atoms with Gasteiger partial charge in [0.15, 0.2) is 0 Å². The third-order valence-corrected chi connectivity index (χ3v) is 4.85. The third kappa shape index (κ3) is 4.82. The topological polar surface area (TPSA) is 62.1 Å². The van der Waals surface area contributed by atoms with Gasteiger partial charge in [0.25, 0.3) is 5.91 Å². The highest BCUT2D eigenvalue weighted by Crippen LogP contribution is 2.35. The van der Waals surface area contributed by atoms with Gasteiger partial charge in [0.1, 0.15) is 17.4 Å². The molecule has 0 unspecified atom stereocenters. The van der Waals surface area contributed by atoms with E-state index in [0.29, 0.717) is 12.4 Å². The maximum Gasteiger partial charge on any atom is 0.262 e. The van der Waals surface area contributed by atoms with Crippen LogP contribution in [0.1, 0.15) is 38.2 Å². The molecule has 1 N–H and O–H groups in total. The first kappa shape index (κ1) is 18.0. The maximum atomic E-state index is 12.2. The van der Waals surface area contributed by atoms with Crippen molar-refractivity contribution in [1.29, 1.82) is 5.26 Å². The first-order chi connectivity index (χ1) is 11.0. The number of nitrogens with one attached hydrogen (secondary N) is 1. The molecular formula is C17H18Br2N2O2. The van der Waals surface area contributed by atoms with Crippen molar-refractivity contribution in [3.05, 3.63) is 32.2 Å². The summed E-state index contributed by atoms with van der Waals surface area (Å²) in [6, 6.07) is 5.84. The molecule has 1 aromatic carbocycles. The number of carbonyl (C=O) groups is 1. The fraction of sp³-hybridized carbons (Fsp3) is 0.412. The number of carbonyl (C=O) groups excluding carboxylic acids is 1. The van der Waals surface area contributed by atoms with Gasteiger partial charge in [-0.2, -0.15) is 5.26 Å². The Labute approximate surface area is 153 Å². The first-order valence-corrected chi connectivity index (χ1v) is 9.18. The zero-order chi connectivity index (χ0) is 16.8. The van der Waals surface area contributed by atoms with Crippen molar-refractivity contribution >= 4 is 43.8 Å². The lowest BCUT2D eigenvalue weighted by atomic mass is 10.1. The Morgan fingerprint density at radius 1 is 1.39 bits per heavy atom. The van der Waals surface area contributed by atoms with E-state index in [-0.39, 0.29) is 17.5 Å². The lowest BCUT2D eigenvalue weighted by Crippen LogP contribution is -2.33. The van der Waals surface area contributed by atoms with Gasteiger partial charge in [0, 0.05) is 6.04 Å². The summed E-state index contributed by atoms with van der Waals surface area (Å²) in [6.07, 6.45) is 5.84. The van der Waals surface area contributed by atoms with E-state index in [0.717, 1.165) is 40.2 Å². The molecule has 4 nitrogen and oxygen atoms in total. The maximum absolute atomic E-state index is 12.2. The fourth-order valence-corrected chi connectivity index (χ4v) is 4.04. The Hall–Kier alpha value is -1.32. The number of nitrogens with zero attached hydrogens (tertiary/aromatic N) is 1. The molecule has 1 saturated carbocycles. The molecule has 23 heavy (non-hydrogen) atoms. The van der Waals surface area contributed by atoms with E-state index in [2.05, 4.69) is 37.2 Å². The highest BCUT2D eigenvalue weighted by molar-refractivity contribution is 9.11. The van der Waals surface area contributed by atoms with Gasteiger partial charge >= 0.3 is 0 Å². The average Bonchev–Trinajstić information content (AvgIpc) is 3.01. The van der Waals surface area contributed by atoms with Crippen LogP contribution in [0.4, 0.5) is 0 Å². The largest absolute Gasteiger partial charge is 0.492 e. The SMILES string of the molecule is CCOc1c(Br)cc(/C=C(/C#N)C(=O)NC2CCCC2)cc1Br. The van der Waals surface area contributed by atoms with Crippen LogP contribution in [0.5, 0.6) is 5.75 Å². The molecule has 122 valence electrons. The summed E-state index contributed by atoms with van der Waals surface area (Å²) in [5, 5.41) is 12.2. The van der Waals surface area contributed by atoms with Crippen molar-refractivity contribution in [2.24, 2.45) is 0 Å². The molecule has 2 rings (SSSR count). The molecule has 1 aliphatic carbocycles. The van der Waals surface area contributed by atoms with Crippen LogP contribution >= 0.6 is 31.9 Å². The van der Waals surface area contributed by atoms with Crippen LogP contribution in [-0.4, -0.2) is 18.6 Å². The number of amides is 1. The molecule has 0 heterocycles. The van der Waals surface area contributed by atoms with Crippen LogP contribution in [0.2, 0.25) is 0 Å². The standard InChI is InChI=1S/C17H18Br2N2O2/c1-2-23-16-14(18)8-11(9-15(16)19)7-12(10-20)17(22)21-13-5-3-4-6-13/h7-9,13H,2-6H2,1H3,(H,21,22)/b12-7-. The second-order valence-electron chi connectivity index (χ2n) is 5.37. The normalized spacial score (nSPS) is 15.3. The van der Waals surface area contributed by atoms with Crippen LogP contribution in [-0.2, 0) is 4.79 Å². The van der Waals surface area contributed by atoms with Gasteiger partial charge in [-0.15, -0.1) is 0 Å². The number of ether oxygens (including phenoxy) is 1. The van der Waals surface area contributed by atoms with Crippen LogP contribution in [0.15, 0.2) is 26.7 Å². The number of benzene rings is 1. The minimum absolute atomic E-state index is 0.111. The molecule has 0 bridgehead atoms. The molecule has 0 aromatic heterocycles. The summed E-state index contributed by atoms with van der Waals surface area (Å²) in [4.78, 5) is 12.2. The van der Waals surface area contributed by atoms with Gasteiger partial charge in [-0.3, -0.25) is 4.79 Å². The summed E-state index contributed by atoms with van der Waals surface area (Å²) in [5.74, 6) is 0.402. The van der Waals surface area contributed by atoms with Crippen LogP contribution in [0.25, 0.3) is 6.08 Å². The summed E-state index contributed by atoms with van der Waals surface area (Å²) < 4.78 is 7.07. The van der Waals surface area contributed by atoms with Crippen molar-refractivity contribution in [3.8, 4) is 11.8 Å². The minimum atomic E-state index is -0.305. The Morgan fingerprint density at radius 2 is 2.00 bits per heavy atom. The molecule has 1 fully saturated rings. The van der Waals surface area contributed by atoms with Gasteiger partial charge < -0.3 is 10.1 Å². The smallest absolute Gasteiger partial charge is 0.262 e. The molecular weight excluding hydrogens is 424 g/mol. The summed E-state index contributed by atoms with van der Waals surface area (Å²) >= 11 is 6.90. The third-order valence-electron chi connectivity index (χ3n) is 3.68. The van der Waals surface area contributed by atoms with E-state index >= 15 is 0 Å². The van der Waals surface area contributed by atoms with E-state index in [9.17, 15) is 10.1 Å². The van der Waals surface area contributed by atoms with E-state index < -0.39 is 0 Å². The van der Waals surface area contributed by atoms with Crippen LogP contribution in [0.3, 0.4) is 0 Å². The molecule has 6 heteroatoms. The number of nitriles is 1. The lowest BCUT2D eigenvalue weighted by molar-refractivity contribution is -0.117. The van der Waals surface area contributed by atoms with E-state index in [1.807, 2.05) is 25.1 Å². The highest BCUT2D eigenvalue weighted by Gasteiger charge is 2.19. The molecule has 0 radical (unpaired) electrons. The number of rotatable bonds is 5. The van der Waals surface area contributed by atoms with Crippen molar-refractivity contribution in [2.45, 2.75) is 38.6 Å². The molecule has 1 aliphatic rings. The lowest BCUT2D eigenvalue weighted by Gasteiger charge is -2.12. The van der Waals surface area contributed by atoms with Crippen LogP contribution in [0, 0.1) is 11.3 Å². The van der Waals surface area contributed by atoms with Crippen molar-refractivity contribution in [3.63, 3.8) is 0 Å². The minimum Gasteiger partial charge on any atom is -0.492 e. The summed E-state index contributed by atoms with van der Waals surface area (Å²) in [5.41, 5.74) is 0.866. The van der Waals surface area contributed by atoms with Crippen molar-refractivity contribution in [2.75, 3.05) is 6.61 Å². The van der Waals surface area contributed by atoms with Gasteiger partial charge in [-0.1, -0.05) is 12.8 Å². The molecule has 1 amide bonds. The fourth-order valence-electron chi connectivity index (χ4n) is 2.59. The van der Waals surface area contributed by atoms with Crippen LogP contribution < -0.4 is 10.1 Å². The zero-order valence-corrected chi connectivity index (χ0v) is 16.0. The quantitative estimate of drug-likeness (QED) is 0.537. The Kier molecular flexibility index (Phi) is 6.67. The van der Waals surface area contributed by atoms with Crippen molar-refractivity contribution in [1.82, 2.24) is 5.32 Å². The second kappa shape index (κ2) is 8.51. The second-order valence-corrected chi connectivity index (χ2v) is 7.08. The van der Waals surface area contributed by atoms with Gasteiger partial charge in [-0.05, 0) is 75.4 Å². The van der Waals surface area contributed by atoms with E-state index in [1.54, 1.807) is 6.08 Å². The summed E-state index contributed by atoms with van der Waals surface area (Å²) in [7, 11) is 0. The molecule has 0 atom stereocenters. The predicted octanol–water partition coefficient (Wildman–Crippen LogP) is 4.58. The van der Waals surface area contributed by atoms with Gasteiger partial charge in [0.2, 0.25) is 0 Å². The van der Waals surface area contributed by atoms with E-state index in [1.165, 1.54) is 0 Å².